The first-order valence-corrected chi connectivity index (χ1v) is 10.4. The largest absolute Gasteiger partial charge is 0.416 e. The van der Waals surface area contributed by atoms with Crippen LogP contribution in [0.3, 0.4) is 0 Å². The Hall–Kier alpha value is -3.45. The van der Waals surface area contributed by atoms with Crippen LogP contribution in [0.4, 0.5) is 18.9 Å². The summed E-state index contributed by atoms with van der Waals surface area (Å²) in [4.78, 5) is 19.9. The first kappa shape index (κ1) is 20.5. The van der Waals surface area contributed by atoms with Gasteiger partial charge < -0.3 is 4.90 Å². The minimum Gasteiger partial charge on any atom is -0.308 e. The van der Waals surface area contributed by atoms with Crippen molar-refractivity contribution in [2.45, 2.75) is 25.3 Å². The molecule has 0 saturated heterocycles. The van der Waals surface area contributed by atoms with Crippen molar-refractivity contribution >= 4 is 17.3 Å². The highest BCUT2D eigenvalue weighted by molar-refractivity contribution is 6.20. The maximum Gasteiger partial charge on any atom is 0.416 e. The SMILES string of the molecule is O=C1C(NCc2ccc(C(F)(F)F)cc2)N=C(c2ccccc2)c2cccc3c2N1CC3. The van der Waals surface area contributed by atoms with Crippen molar-refractivity contribution in [1.82, 2.24) is 5.32 Å². The summed E-state index contributed by atoms with van der Waals surface area (Å²) in [5, 5.41) is 3.15. The molecular weight excluding hydrogens is 415 g/mol. The van der Waals surface area contributed by atoms with Gasteiger partial charge in [0.05, 0.1) is 17.0 Å². The number of nitrogens with one attached hydrogen (secondary N) is 1. The lowest BCUT2D eigenvalue weighted by Crippen LogP contribution is -2.44. The Bertz CT molecular complexity index is 1190. The summed E-state index contributed by atoms with van der Waals surface area (Å²) in [5.41, 5.74) is 4.51. The zero-order chi connectivity index (χ0) is 22.3. The van der Waals surface area contributed by atoms with E-state index in [2.05, 4.69) is 5.32 Å². The van der Waals surface area contributed by atoms with E-state index in [1.807, 2.05) is 48.5 Å². The summed E-state index contributed by atoms with van der Waals surface area (Å²) >= 11 is 0. The molecule has 32 heavy (non-hydrogen) atoms. The van der Waals surface area contributed by atoms with Gasteiger partial charge >= 0.3 is 6.18 Å². The summed E-state index contributed by atoms with van der Waals surface area (Å²) in [5.74, 6) is -0.158. The van der Waals surface area contributed by atoms with E-state index >= 15 is 0 Å². The van der Waals surface area contributed by atoms with Crippen LogP contribution >= 0.6 is 0 Å². The van der Waals surface area contributed by atoms with E-state index in [-0.39, 0.29) is 12.5 Å². The number of aliphatic imine (C=N–C) groups is 1. The normalized spacial score (nSPS) is 17.7. The number of hydrogen-bond donors (Lipinski definition) is 1. The zero-order valence-corrected chi connectivity index (χ0v) is 17.1. The van der Waals surface area contributed by atoms with Crippen molar-refractivity contribution in [2.24, 2.45) is 4.99 Å². The molecule has 0 radical (unpaired) electrons. The Kier molecular flexibility index (Phi) is 5.06. The lowest BCUT2D eigenvalue weighted by atomic mass is 9.98. The fourth-order valence-electron chi connectivity index (χ4n) is 4.25. The van der Waals surface area contributed by atoms with Crippen molar-refractivity contribution in [3.05, 3.63) is 101 Å². The minimum absolute atomic E-state index is 0.158. The van der Waals surface area contributed by atoms with Gasteiger partial charge in [-0.25, -0.2) is 0 Å². The fraction of sp³-hybridized carbons (Fsp3) is 0.200. The van der Waals surface area contributed by atoms with Gasteiger partial charge in [0.15, 0.2) is 6.17 Å². The van der Waals surface area contributed by atoms with Crippen LogP contribution in [0.15, 0.2) is 77.8 Å². The summed E-state index contributed by atoms with van der Waals surface area (Å²) in [6.45, 7) is 0.804. The third-order valence-corrected chi connectivity index (χ3v) is 5.84. The second-order valence-corrected chi connectivity index (χ2v) is 7.88. The molecule has 1 N–H and O–H groups in total. The molecule has 3 aromatic rings. The van der Waals surface area contributed by atoms with Gasteiger partial charge in [-0.15, -0.1) is 0 Å². The van der Waals surface area contributed by atoms with Crippen LogP contribution < -0.4 is 10.2 Å². The molecule has 1 atom stereocenters. The molecule has 3 aromatic carbocycles. The van der Waals surface area contributed by atoms with Gasteiger partial charge in [0.1, 0.15) is 0 Å². The van der Waals surface area contributed by atoms with Gasteiger partial charge in [-0.2, -0.15) is 13.2 Å². The summed E-state index contributed by atoms with van der Waals surface area (Å²) in [6, 6.07) is 20.6. The molecule has 0 saturated carbocycles. The van der Waals surface area contributed by atoms with Crippen LogP contribution in [0.2, 0.25) is 0 Å². The van der Waals surface area contributed by atoms with E-state index in [4.69, 9.17) is 4.99 Å². The molecule has 5 rings (SSSR count). The molecule has 0 aliphatic carbocycles. The van der Waals surface area contributed by atoms with Gasteiger partial charge in [0, 0.05) is 24.2 Å². The van der Waals surface area contributed by atoms with E-state index in [1.165, 1.54) is 12.1 Å². The average molecular weight is 435 g/mol. The number of nitrogens with zero attached hydrogens (tertiary/aromatic N) is 2. The average Bonchev–Trinajstić information content (AvgIpc) is 3.19. The van der Waals surface area contributed by atoms with Crippen molar-refractivity contribution in [2.75, 3.05) is 11.4 Å². The highest BCUT2D eigenvalue weighted by Gasteiger charge is 2.36. The molecule has 0 aromatic heterocycles. The Morgan fingerprint density at radius 3 is 2.44 bits per heavy atom. The molecule has 0 fully saturated rings. The number of para-hydroxylation sites is 1. The zero-order valence-electron chi connectivity index (χ0n) is 17.1. The molecule has 7 heteroatoms. The summed E-state index contributed by atoms with van der Waals surface area (Å²) < 4.78 is 38.5. The molecule has 1 unspecified atom stereocenters. The highest BCUT2D eigenvalue weighted by atomic mass is 19.4. The predicted molar refractivity (Wildman–Crippen MR) is 117 cm³/mol. The number of benzene rings is 3. The number of carbonyl (C=O) groups excluding carboxylic acids is 1. The van der Waals surface area contributed by atoms with E-state index in [0.29, 0.717) is 12.1 Å². The van der Waals surface area contributed by atoms with Crippen molar-refractivity contribution in [3.8, 4) is 0 Å². The standard InChI is InChI=1S/C25H20F3N3O/c26-25(27,28)19-11-9-16(10-12-19)15-29-23-24(32)31-14-13-18-7-4-8-20(22(18)31)21(30-23)17-5-2-1-3-6-17/h1-12,23,29H,13-15H2. The van der Waals surface area contributed by atoms with E-state index in [9.17, 15) is 18.0 Å². The van der Waals surface area contributed by atoms with Crippen LogP contribution in [-0.2, 0) is 23.9 Å². The maximum atomic E-state index is 13.4. The smallest absolute Gasteiger partial charge is 0.308 e. The van der Waals surface area contributed by atoms with Gasteiger partial charge in [-0.1, -0.05) is 60.7 Å². The predicted octanol–water partition coefficient (Wildman–Crippen LogP) is 4.56. The molecular formula is C25H20F3N3O. The van der Waals surface area contributed by atoms with Crippen molar-refractivity contribution in [1.29, 1.82) is 0 Å². The lowest BCUT2D eigenvalue weighted by Gasteiger charge is -2.21. The lowest BCUT2D eigenvalue weighted by molar-refractivity contribution is -0.137. The van der Waals surface area contributed by atoms with E-state index in [0.717, 1.165) is 46.6 Å². The van der Waals surface area contributed by atoms with Crippen molar-refractivity contribution in [3.63, 3.8) is 0 Å². The third kappa shape index (κ3) is 3.69. The summed E-state index contributed by atoms with van der Waals surface area (Å²) in [7, 11) is 0. The van der Waals surface area contributed by atoms with Crippen LogP contribution in [0.25, 0.3) is 0 Å². The fourth-order valence-corrected chi connectivity index (χ4v) is 4.25. The second-order valence-electron chi connectivity index (χ2n) is 7.88. The Balaban J connectivity index is 1.48. The molecule has 4 nitrogen and oxygen atoms in total. The van der Waals surface area contributed by atoms with Crippen LogP contribution in [0.5, 0.6) is 0 Å². The Morgan fingerprint density at radius 2 is 1.72 bits per heavy atom. The number of carbonyl (C=O) groups is 1. The first-order valence-electron chi connectivity index (χ1n) is 10.4. The molecule has 2 heterocycles. The summed E-state index contributed by atoms with van der Waals surface area (Å²) in [6.07, 6.45) is -4.44. The van der Waals surface area contributed by atoms with Gasteiger partial charge in [0.2, 0.25) is 0 Å². The topological polar surface area (TPSA) is 44.7 Å². The maximum absolute atomic E-state index is 13.4. The van der Waals surface area contributed by atoms with Crippen LogP contribution in [0, 0.1) is 0 Å². The van der Waals surface area contributed by atoms with Gasteiger partial charge in [0.25, 0.3) is 5.91 Å². The molecule has 0 bridgehead atoms. The van der Waals surface area contributed by atoms with Crippen molar-refractivity contribution < 1.29 is 18.0 Å². The Morgan fingerprint density at radius 1 is 0.969 bits per heavy atom. The number of halogens is 3. The molecule has 2 aliphatic heterocycles. The van der Waals surface area contributed by atoms with Crippen LogP contribution in [-0.4, -0.2) is 24.3 Å². The van der Waals surface area contributed by atoms with Crippen LogP contribution in [0.1, 0.15) is 27.8 Å². The van der Waals surface area contributed by atoms with E-state index < -0.39 is 17.9 Å². The van der Waals surface area contributed by atoms with Gasteiger partial charge in [-0.05, 0) is 29.7 Å². The molecule has 0 spiro atoms. The molecule has 162 valence electrons. The Labute approximate surface area is 183 Å². The quantitative estimate of drug-likeness (QED) is 0.653. The second kappa shape index (κ2) is 7.91. The molecule has 1 amide bonds. The monoisotopic (exact) mass is 435 g/mol. The first-order chi connectivity index (χ1) is 15.4. The third-order valence-electron chi connectivity index (χ3n) is 5.84. The van der Waals surface area contributed by atoms with Gasteiger partial charge in [-0.3, -0.25) is 15.1 Å². The number of hydrogen-bond acceptors (Lipinski definition) is 3. The molecule has 2 aliphatic rings. The number of alkyl halides is 3. The number of amides is 1. The minimum atomic E-state index is -4.38. The number of rotatable bonds is 4. The number of anilines is 1. The van der Waals surface area contributed by atoms with E-state index in [1.54, 1.807) is 4.90 Å². The highest BCUT2D eigenvalue weighted by Crippen LogP contribution is 2.36.